The summed E-state index contributed by atoms with van der Waals surface area (Å²) in [7, 11) is 1.78. The van der Waals surface area contributed by atoms with Crippen molar-refractivity contribution in [2.45, 2.75) is 52.0 Å². The molecular formula is C13H27NO. The molecule has 15 heavy (non-hydrogen) atoms. The van der Waals surface area contributed by atoms with E-state index in [1.54, 1.807) is 7.11 Å². The largest absolute Gasteiger partial charge is 0.385 e. The fourth-order valence-corrected chi connectivity index (χ4v) is 2.41. The second kappa shape index (κ2) is 7.24. The third kappa shape index (κ3) is 4.98. The summed E-state index contributed by atoms with van der Waals surface area (Å²) < 4.78 is 5.04. The van der Waals surface area contributed by atoms with Crippen LogP contribution < -0.4 is 5.32 Å². The van der Waals surface area contributed by atoms with Gasteiger partial charge >= 0.3 is 0 Å². The average molecular weight is 213 g/mol. The molecule has 0 aliphatic heterocycles. The molecule has 1 rings (SSSR count). The molecule has 0 heterocycles. The topological polar surface area (TPSA) is 21.3 Å². The SMILES string of the molecule is COCCCCNC1CCC(C)C(C)C1. The second-order valence-corrected chi connectivity index (χ2v) is 5.12. The van der Waals surface area contributed by atoms with E-state index < -0.39 is 0 Å². The van der Waals surface area contributed by atoms with E-state index in [4.69, 9.17) is 4.74 Å². The van der Waals surface area contributed by atoms with E-state index in [1.807, 2.05) is 0 Å². The number of rotatable bonds is 6. The Morgan fingerprint density at radius 3 is 2.60 bits per heavy atom. The van der Waals surface area contributed by atoms with Crippen molar-refractivity contribution in [1.82, 2.24) is 5.32 Å². The van der Waals surface area contributed by atoms with Crippen LogP contribution in [0.2, 0.25) is 0 Å². The highest BCUT2D eigenvalue weighted by Crippen LogP contribution is 2.29. The van der Waals surface area contributed by atoms with Crippen molar-refractivity contribution in [2.75, 3.05) is 20.3 Å². The molecule has 90 valence electrons. The van der Waals surface area contributed by atoms with Gasteiger partial charge in [-0.2, -0.15) is 0 Å². The van der Waals surface area contributed by atoms with E-state index in [0.29, 0.717) is 0 Å². The quantitative estimate of drug-likeness (QED) is 0.685. The van der Waals surface area contributed by atoms with Crippen molar-refractivity contribution in [1.29, 1.82) is 0 Å². The lowest BCUT2D eigenvalue weighted by Gasteiger charge is -2.32. The normalized spacial score (nSPS) is 31.8. The zero-order valence-electron chi connectivity index (χ0n) is 10.6. The lowest BCUT2D eigenvalue weighted by Crippen LogP contribution is -2.36. The van der Waals surface area contributed by atoms with Gasteiger partial charge < -0.3 is 10.1 Å². The molecule has 0 amide bonds. The third-order valence-electron chi connectivity index (χ3n) is 3.81. The minimum Gasteiger partial charge on any atom is -0.385 e. The summed E-state index contributed by atoms with van der Waals surface area (Å²) in [4.78, 5) is 0. The Labute approximate surface area is 94.8 Å². The van der Waals surface area contributed by atoms with Gasteiger partial charge in [0.05, 0.1) is 0 Å². The number of hydrogen-bond acceptors (Lipinski definition) is 2. The summed E-state index contributed by atoms with van der Waals surface area (Å²) in [6.07, 6.45) is 6.56. The summed E-state index contributed by atoms with van der Waals surface area (Å²) in [5.41, 5.74) is 0. The third-order valence-corrected chi connectivity index (χ3v) is 3.81. The molecule has 0 bridgehead atoms. The van der Waals surface area contributed by atoms with Crippen molar-refractivity contribution in [2.24, 2.45) is 11.8 Å². The highest BCUT2D eigenvalue weighted by Gasteiger charge is 2.23. The molecule has 0 aromatic carbocycles. The lowest BCUT2D eigenvalue weighted by atomic mass is 9.79. The molecule has 3 atom stereocenters. The summed E-state index contributed by atoms with van der Waals surface area (Å²) >= 11 is 0. The number of nitrogens with one attached hydrogen (secondary N) is 1. The van der Waals surface area contributed by atoms with E-state index in [1.165, 1.54) is 32.1 Å². The molecule has 2 nitrogen and oxygen atoms in total. The molecule has 3 unspecified atom stereocenters. The predicted octanol–water partition coefficient (Wildman–Crippen LogP) is 2.83. The zero-order chi connectivity index (χ0) is 11.1. The van der Waals surface area contributed by atoms with Gasteiger partial charge in [0.1, 0.15) is 0 Å². The molecule has 0 spiro atoms. The fraction of sp³-hybridized carbons (Fsp3) is 1.00. The first-order valence-corrected chi connectivity index (χ1v) is 6.46. The highest BCUT2D eigenvalue weighted by atomic mass is 16.5. The molecule has 0 aromatic rings. The predicted molar refractivity (Wildman–Crippen MR) is 65.1 cm³/mol. The molecule has 2 heteroatoms. The van der Waals surface area contributed by atoms with Gasteiger partial charge in [0.2, 0.25) is 0 Å². The molecule has 1 aliphatic rings. The summed E-state index contributed by atoms with van der Waals surface area (Å²) in [6.45, 7) is 6.85. The van der Waals surface area contributed by atoms with Gasteiger partial charge in [-0.3, -0.25) is 0 Å². The smallest absolute Gasteiger partial charge is 0.0462 e. The van der Waals surface area contributed by atoms with Crippen LogP contribution in [0.5, 0.6) is 0 Å². The second-order valence-electron chi connectivity index (χ2n) is 5.12. The van der Waals surface area contributed by atoms with E-state index >= 15 is 0 Å². The Kier molecular flexibility index (Phi) is 6.26. The van der Waals surface area contributed by atoms with Crippen molar-refractivity contribution >= 4 is 0 Å². The van der Waals surface area contributed by atoms with Crippen molar-refractivity contribution in [3.63, 3.8) is 0 Å². The molecule has 0 radical (unpaired) electrons. The highest BCUT2D eigenvalue weighted by molar-refractivity contribution is 4.79. The van der Waals surface area contributed by atoms with Crippen LogP contribution in [-0.4, -0.2) is 26.3 Å². The van der Waals surface area contributed by atoms with E-state index in [0.717, 1.165) is 31.0 Å². The first-order valence-electron chi connectivity index (χ1n) is 6.46. The monoisotopic (exact) mass is 213 g/mol. The van der Waals surface area contributed by atoms with Crippen molar-refractivity contribution in [3.8, 4) is 0 Å². The molecule has 1 saturated carbocycles. The van der Waals surface area contributed by atoms with Gasteiger partial charge in [0.25, 0.3) is 0 Å². The van der Waals surface area contributed by atoms with Crippen LogP contribution in [-0.2, 0) is 4.74 Å². The molecule has 0 aromatic heterocycles. The zero-order valence-corrected chi connectivity index (χ0v) is 10.6. The van der Waals surface area contributed by atoms with Crippen LogP contribution in [0.25, 0.3) is 0 Å². The van der Waals surface area contributed by atoms with Crippen LogP contribution in [0.4, 0.5) is 0 Å². The summed E-state index contributed by atoms with van der Waals surface area (Å²) in [5.74, 6) is 1.83. The number of methoxy groups -OCH3 is 1. The Hall–Kier alpha value is -0.0800. The molecule has 1 N–H and O–H groups in total. The van der Waals surface area contributed by atoms with Gasteiger partial charge in [0, 0.05) is 19.8 Å². The van der Waals surface area contributed by atoms with E-state index in [2.05, 4.69) is 19.2 Å². The molecule has 1 aliphatic carbocycles. The maximum atomic E-state index is 5.04. The minimum atomic E-state index is 0.777. The van der Waals surface area contributed by atoms with Gasteiger partial charge in [0.15, 0.2) is 0 Å². The number of hydrogen-bond donors (Lipinski definition) is 1. The summed E-state index contributed by atoms with van der Waals surface area (Å²) in [5, 5.41) is 3.68. The van der Waals surface area contributed by atoms with Crippen LogP contribution in [0.15, 0.2) is 0 Å². The standard InChI is InChI=1S/C13H27NO/c1-11-6-7-13(10-12(11)2)14-8-4-5-9-15-3/h11-14H,4-10H2,1-3H3. The van der Waals surface area contributed by atoms with Crippen LogP contribution in [0, 0.1) is 11.8 Å². The first kappa shape index (κ1) is 13.0. The lowest BCUT2D eigenvalue weighted by molar-refractivity contribution is 0.189. The van der Waals surface area contributed by atoms with Gasteiger partial charge in [-0.05, 0) is 50.5 Å². The minimum absolute atomic E-state index is 0.777. The van der Waals surface area contributed by atoms with Crippen LogP contribution in [0.1, 0.15) is 46.0 Å². The van der Waals surface area contributed by atoms with E-state index in [9.17, 15) is 0 Å². The molecule has 1 fully saturated rings. The Bertz CT molecular complexity index is 161. The molecule has 0 saturated heterocycles. The van der Waals surface area contributed by atoms with E-state index in [-0.39, 0.29) is 0 Å². The fourth-order valence-electron chi connectivity index (χ4n) is 2.41. The first-order chi connectivity index (χ1) is 7.24. The van der Waals surface area contributed by atoms with Crippen LogP contribution in [0.3, 0.4) is 0 Å². The number of ether oxygens (including phenoxy) is 1. The molecular weight excluding hydrogens is 186 g/mol. The van der Waals surface area contributed by atoms with Crippen molar-refractivity contribution < 1.29 is 4.74 Å². The average Bonchev–Trinajstić information content (AvgIpc) is 2.23. The summed E-state index contributed by atoms with van der Waals surface area (Å²) in [6, 6.07) is 0.777. The van der Waals surface area contributed by atoms with Gasteiger partial charge in [-0.1, -0.05) is 13.8 Å². The van der Waals surface area contributed by atoms with Gasteiger partial charge in [-0.15, -0.1) is 0 Å². The maximum absolute atomic E-state index is 5.04. The Balaban J connectivity index is 2.02. The maximum Gasteiger partial charge on any atom is 0.0462 e. The Morgan fingerprint density at radius 1 is 1.13 bits per heavy atom. The van der Waals surface area contributed by atoms with Crippen LogP contribution >= 0.6 is 0 Å². The number of unbranched alkanes of at least 4 members (excludes halogenated alkanes) is 1. The van der Waals surface area contributed by atoms with Crippen molar-refractivity contribution in [3.05, 3.63) is 0 Å². The van der Waals surface area contributed by atoms with Gasteiger partial charge in [-0.25, -0.2) is 0 Å². The Morgan fingerprint density at radius 2 is 1.93 bits per heavy atom.